The van der Waals surface area contributed by atoms with E-state index in [1.165, 1.54) is 6.33 Å². The van der Waals surface area contributed by atoms with Crippen LogP contribution in [0.3, 0.4) is 0 Å². The Kier molecular flexibility index (Phi) is 3.89. The lowest BCUT2D eigenvalue weighted by Crippen LogP contribution is -2.02. The minimum absolute atomic E-state index is 0.548. The van der Waals surface area contributed by atoms with Crippen molar-refractivity contribution in [3.05, 3.63) is 40.1 Å². The molecule has 0 bridgehead atoms. The lowest BCUT2D eigenvalue weighted by molar-refractivity contribution is 1.12. The molecule has 94 valence electrons. The van der Waals surface area contributed by atoms with E-state index in [-0.39, 0.29) is 0 Å². The van der Waals surface area contributed by atoms with Crippen molar-refractivity contribution in [3.8, 4) is 0 Å². The van der Waals surface area contributed by atoms with Crippen LogP contribution in [0.1, 0.15) is 5.56 Å². The van der Waals surface area contributed by atoms with Crippen molar-refractivity contribution in [2.24, 2.45) is 0 Å². The normalized spacial score (nSPS) is 10.2. The molecule has 0 radical (unpaired) electrons. The van der Waals surface area contributed by atoms with Gasteiger partial charge in [0.2, 0.25) is 0 Å². The third kappa shape index (κ3) is 2.66. The number of hydrogen-bond donors (Lipinski definition) is 2. The van der Waals surface area contributed by atoms with Gasteiger partial charge in [-0.15, -0.1) is 0 Å². The minimum atomic E-state index is 0.548. The van der Waals surface area contributed by atoms with Crippen molar-refractivity contribution in [2.75, 3.05) is 17.7 Å². The Morgan fingerprint density at radius 1 is 1.11 bits per heavy atom. The zero-order valence-corrected chi connectivity index (χ0v) is 11.5. The molecule has 0 spiro atoms. The molecule has 1 aromatic carbocycles. The molecule has 6 heteroatoms. The molecule has 2 rings (SSSR count). The lowest BCUT2D eigenvalue weighted by Gasteiger charge is -2.12. The Hall–Kier alpha value is -1.52. The molecule has 0 saturated heterocycles. The number of nitrogens with zero attached hydrogens (tertiary/aromatic N) is 2. The maximum atomic E-state index is 6.10. The summed E-state index contributed by atoms with van der Waals surface area (Å²) in [6.07, 6.45) is 1.49. The van der Waals surface area contributed by atoms with Crippen molar-refractivity contribution >= 4 is 40.5 Å². The number of hydrogen-bond acceptors (Lipinski definition) is 4. The summed E-state index contributed by atoms with van der Waals surface area (Å²) in [6.45, 7) is 1.93. The van der Waals surface area contributed by atoms with Crippen LogP contribution in [-0.2, 0) is 0 Å². The molecule has 0 aliphatic rings. The highest BCUT2D eigenvalue weighted by Gasteiger charge is 2.08. The first-order valence-corrected chi connectivity index (χ1v) is 6.09. The number of anilines is 3. The molecule has 2 aromatic rings. The molecule has 0 fully saturated rings. The largest absolute Gasteiger partial charge is 0.373 e. The van der Waals surface area contributed by atoms with Gasteiger partial charge in [0.05, 0.1) is 10.7 Å². The molecule has 0 aliphatic heterocycles. The highest BCUT2D eigenvalue weighted by atomic mass is 35.5. The molecule has 0 unspecified atom stereocenters. The molecule has 2 N–H and O–H groups in total. The van der Waals surface area contributed by atoms with E-state index in [4.69, 9.17) is 23.2 Å². The van der Waals surface area contributed by atoms with E-state index in [0.717, 1.165) is 17.1 Å². The first kappa shape index (κ1) is 12.9. The monoisotopic (exact) mass is 282 g/mol. The van der Waals surface area contributed by atoms with Gasteiger partial charge in [0.1, 0.15) is 18.0 Å². The first-order valence-electron chi connectivity index (χ1n) is 5.33. The summed E-state index contributed by atoms with van der Waals surface area (Å²) in [7, 11) is 1.81. The van der Waals surface area contributed by atoms with Gasteiger partial charge in [-0.25, -0.2) is 9.97 Å². The molecule has 1 aromatic heterocycles. The third-order valence-electron chi connectivity index (χ3n) is 2.51. The van der Waals surface area contributed by atoms with Crippen LogP contribution < -0.4 is 10.6 Å². The smallest absolute Gasteiger partial charge is 0.138 e. The van der Waals surface area contributed by atoms with E-state index < -0.39 is 0 Å². The second-order valence-electron chi connectivity index (χ2n) is 3.70. The molecular weight excluding hydrogens is 271 g/mol. The van der Waals surface area contributed by atoms with Crippen molar-refractivity contribution in [3.63, 3.8) is 0 Å². The van der Waals surface area contributed by atoms with Crippen LogP contribution >= 0.6 is 23.2 Å². The Morgan fingerprint density at radius 2 is 1.83 bits per heavy atom. The number of aromatic nitrogens is 2. The van der Waals surface area contributed by atoms with Crippen LogP contribution in [0.5, 0.6) is 0 Å². The van der Waals surface area contributed by atoms with Gasteiger partial charge < -0.3 is 10.6 Å². The summed E-state index contributed by atoms with van der Waals surface area (Å²) < 4.78 is 0. The topological polar surface area (TPSA) is 49.8 Å². The van der Waals surface area contributed by atoms with Crippen LogP contribution in [0.15, 0.2) is 24.5 Å². The highest BCUT2D eigenvalue weighted by Crippen LogP contribution is 2.29. The molecule has 0 atom stereocenters. The Balaban J connectivity index is 2.34. The van der Waals surface area contributed by atoms with Crippen molar-refractivity contribution < 1.29 is 0 Å². The van der Waals surface area contributed by atoms with Gasteiger partial charge in [-0.2, -0.15) is 0 Å². The zero-order valence-electron chi connectivity index (χ0n) is 9.96. The van der Waals surface area contributed by atoms with E-state index in [0.29, 0.717) is 15.9 Å². The third-order valence-corrected chi connectivity index (χ3v) is 3.05. The van der Waals surface area contributed by atoms with Crippen LogP contribution in [0.4, 0.5) is 17.3 Å². The van der Waals surface area contributed by atoms with Gasteiger partial charge in [-0.05, 0) is 25.1 Å². The van der Waals surface area contributed by atoms with Crippen LogP contribution in [0, 0.1) is 6.92 Å². The highest BCUT2D eigenvalue weighted by molar-refractivity contribution is 6.36. The quantitative estimate of drug-likeness (QED) is 0.897. The van der Waals surface area contributed by atoms with Gasteiger partial charge in [-0.3, -0.25) is 0 Å². The van der Waals surface area contributed by atoms with E-state index in [1.54, 1.807) is 12.1 Å². The second-order valence-corrected chi connectivity index (χ2v) is 4.54. The van der Waals surface area contributed by atoms with E-state index in [9.17, 15) is 0 Å². The van der Waals surface area contributed by atoms with Crippen molar-refractivity contribution in [1.82, 2.24) is 9.97 Å². The molecule has 18 heavy (non-hydrogen) atoms. The molecule has 0 saturated carbocycles. The summed E-state index contributed by atoms with van der Waals surface area (Å²) in [5, 5.41) is 7.31. The lowest BCUT2D eigenvalue weighted by atomic mass is 10.2. The molecule has 4 nitrogen and oxygen atoms in total. The zero-order chi connectivity index (χ0) is 13.1. The summed E-state index contributed by atoms with van der Waals surface area (Å²) in [4.78, 5) is 8.31. The van der Waals surface area contributed by atoms with Gasteiger partial charge >= 0.3 is 0 Å². The Labute approximate surface area is 115 Å². The van der Waals surface area contributed by atoms with Crippen LogP contribution in [-0.4, -0.2) is 17.0 Å². The predicted octanol–water partition coefficient (Wildman–Crippen LogP) is 3.88. The summed E-state index contributed by atoms with van der Waals surface area (Å²) in [5.41, 5.74) is 1.68. The molecule has 0 amide bonds. The van der Waals surface area contributed by atoms with E-state index >= 15 is 0 Å². The minimum Gasteiger partial charge on any atom is -0.373 e. The predicted molar refractivity (Wildman–Crippen MR) is 76.1 cm³/mol. The standard InChI is InChI=1S/C12H12Cl2N4/c1-7-11(15-2)16-6-17-12(7)18-10-4-3-8(13)5-9(10)14/h3-6H,1-2H3,(H2,15,16,17,18). The van der Waals surface area contributed by atoms with Crippen molar-refractivity contribution in [1.29, 1.82) is 0 Å². The molecule has 1 heterocycles. The van der Waals surface area contributed by atoms with E-state index in [2.05, 4.69) is 20.6 Å². The maximum Gasteiger partial charge on any atom is 0.138 e. The van der Waals surface area contributed by atoms with Gasteiger partial charge in [-0.1, -0.05) is 23.2 Å². The average molecular weight is 283 g/mol. The average Bonchev–Trinajstić information content (AvgIpc) is 2.35. The number of benzene rings is 1. The van der Waals surface area contributed by atoms with Gasteiger partial charge in [0.25, 0.3) is 0 Å². The summed E-state index contributed by atoms with van der Waals surface area (Å²) in [6, 6.07) is 5.26. The molecule has 0 aliphatic carbocycles. The Morgan fingerprint density at radius 3 is 2.50 bits per heavy atom. The number of halogens is 2. The van der Waals surface area contributed by atoms with Crippen molar-refractivity contribution in [2.45, 2.75) is 6.92 Å². The fourth-order valence-corrected chi connectivity index (χ4v) is 2.00. The van der Waals surface area contributed by atoms with Crippen LogP contribution in [0.2, 0.25) is 10.0 Å². The fourth-order valence-electron chi connectivity index (χ4n) is 1.55. The Bertz CT molecular complexity index is 572. The second kappa shape index (κ2) is 5.42. The van der Waals surface area contributed by atoms with Gasteiger partial charge in [0.15, 0.2) is 0 Å². The number of nitrogens with one attached hydrogen (secondary N) is 2. The SMILES string of the molecule is CNc1ncnc(Nc2ccc(Cl)cc2Cl)c1C. The first-order chi connectivity index (χ1) is 8.61. The van der Waals surface area contributed by atoms with Gasteiger partial charge in [0, 0.05) is 17.6 Å². The molecular formula is C12H12Cl2N4. The van der Waals surface area contributed by atoms with E-state index in [1.807, 2.05) is 20.0 Å². The maximum absolute atomic E-state index is 6.10. The van der Waals surface area contributed by atoms with Crippen LogP contribution in [0.25, 0.3) is 0 Å². The summed E-state index contributed by atoms with van der Waals surface area (Å²) >= 11 is 12.0. The summed E-state index contributed by atoms with van der Waals surface area (Å²) in [5.74, 6) is 1.48. The number of rotatable bonds is 3. The fraction of sp³-hybridized carbons (Fsp3) is 0.167.